The Kier molecular flexibility index (Phi) is 4.81. The average molecular weight is 331 g/mol. The minimum absolute atomic E-state index is 0.0289. The first-order valence-electron chi connectivity index (χ1n) is 6.33. The highest BCUT2D eigenvalue weighted by Gasteiger charge is 2.31. The predicted octanol–water partition coefficient (Wildman–Crippen LogP) is 2.82. The molecule has 0 bridgehead atoms. The maximum atomic E-state index is 12.5. The van der Waals surface area contributed by atoms with Gasteiger partial charge in [0.15, 0.2) is 0 Å². The Morgan fingerprint density at radius 2 is 2.44 bits per heavy atom. The van der Waals surface area contributed by atoms with E-state index < -0.39 is 0 Å². The fourth-order valence-corrected chi connectivity index (χ4v) is 3.97. The molecule has 1 aliphatic rings. The molecule has 0 spiro atoms. The quantitative estimate of drug-likeness (QED) is 0.920. The summed E-state index contributed by atoms with van der Waals surface area (Å²) in [6.45, 7) is 3.81. The van der Waals surface area contributed by atoms with E-state index in [0.717, 1.165) is 34.6 Å². The maximum Gasteiger partial charge on any atom is 0.230 e. The van der Waals surface area contributed by atoms with Crippen LogP contribution < -0.4 is 5.32 Å². The molecule has 2 atom stereocenters. The van der Waals surface area contributed by atoms with Crippen molar-refractivity contribution in [1.82, 2.24) is 10.2 Å². The Balaban J connectivity index is 2.06. The largest absolute Gasteiger partial charge is 0.338 e. The minimum Gasteiger partial charge on any atom is -0.338 e. The van der Waals surface area contributed by atoms with Gasteiger partial charge in [0, 0.05) is 24.0 Å². The van der Waals surface area contributed by atoms with Crippen molar-refractivity contribution in [3.05, 3.63) is 20.8 Å². The van der Waals surface area contributed by atoms with Gasteiger partial charge in [-0.1, -0.05) is 0 Å². The predicted molar refractivity (Wildman–Crippen MR) is 79.1 cm³/mol. The summed E-state index contributed by atoms with van der Waals surface area (Å²) in [5.74, 6) is 0.237. The van der Waals surface area contributed by atoms with Gasteiger partial charge in [0.05, 0.1) is 9.70 Å². The molecule has 1 aromatic heterocycles. The lowest BCUT2D eigenvalue weighted by Crippen LogP contribution is -2.42. The van der Waals surface area contributed by atoms with Crippen molar-refractivity contribution in [2.45, 2.75) is 31.7 Å². The van der Waals surface area contributed by atoms with Gasteiger partial charge in [-0.05, 0) is 54.9 Å². The van der Waals surface area contributed by atoms with Crippen molar-refractivity contribution >= 4 is 33.2 Å². The third-order valence-corrected chi connectivity index (χ3v) is 5.30. The number of rotatable bonds is 4. The van der Waals surface area contributed by atoms with E-state index in [-0.39, 0.29) is 11.8 Å². The zero-order valence-corrected chi connectivity index (χ0v) is 13.2. The van der Waals surface area contributed by atoms with Crippen molar-refractivity contribution in [2.24, 2.45) is 0 Å². The van der Waals surface area contributed by atoms with Crippen LogP contribution in [-0.2, 0) is 4.79 Å². The number of nitrogens with one attached hydrogen (secondary N) is 1. The van der Waals surface area contributed by atoms with Crippen LogP contribution in [0.2, 0.25) is 0 Å². The van der Waals surface area contributed by atoms with Gasteiger partial charge in [-0.25, -0.2) is 0 Å². The lowest BCUT2D eigenvalue weighted by Gasteiger charge is -2.27. The van der Waals surface area contributed by atoms with Gasteiger partial charge in [0.1, 0.15) is 0 Å². The lowest BCUT2D eigenvalue weighted by atomic mass is 10.1. The number of nitrogens with zero attached hydrogens (tertiary/aromatic N) is 1. The molecule has 2 heterocycles. The van der Waals surface area contributed by atoms with E-state index in [4.69, 9.17) is 0 Å². The SMILES string of the molecule is CNCC1CCCN1C(=O)C(C)c1ccc(Br)s1. The van der Waals surface area contributed by atoms with Crippen LogP contribution in [0.1, 0.15) is 30.6 Å². The second-order valence-corrected chi connectivity index (χ2v) is 7.24. The second kappa shape index (κ2) is 6.17. The Labute approximate surface area is 121 Å². The first-order chi connectivity index (χ1) is 8.63. The third kappa shape index (κ3) is 2.95. The Morgan fingerprint density at radius 1 is 1.67 bits per heavy atom. The molecular formula is C13H19BrN2OS. The molecule has 1 amide bonds. The van der Waals surface area contributed by atoms with Crippen LogP contribution in [0.15, 0.2) is 15.9 Å². The fraction of sp³-hybridized carbons (Fsp3) is 0.615. The first-order valence-corrected chi connectivity index (χ1v) is 7.94. The fourth-order valence-electron chi connectivity index (χ4n) is 2.51. The Hall–Kier alpha value is -0.390. The molecule has 2 rings (SSSR count). The van der Waals surface area contributed by atoms with E-state index in [1.165, 1.54) is 0 Å². The summed E-state index contributed by atoms with van der Waals surface area (Å²) in [6, 6.07) is 4.42. The average Bonchev–Trinajstić information content (AvgIpc) is 2.97. The number of likely N-dealkylation sites (N-methyl/N-ethyl adjacent to an activating group) is 1. The molecule has 1 N–H and O–H groups in total. The van der Waals surface area contributed by atoms with E-state index in [2.05, 4.69) is 26.1 Å². The van der Waals surface area contributed by atoms with Gasteiger partial charge in [0.25, 0.3) is 0 Å². The maximum absolute atomic E-state index is 12.5. The number of hydrogen-bond acceptors (Lipinski definition) is 3. The summed E-state index contributed by atoms with van der Waals surface area (Å²) in [5.41, 5.74) is 0. The Morgan fingerprint density at radius 3 is 3.06 bits per heavy atom. The van der Waals surface area contributed by atoms with E-state index in [1.807, 2.05) is 26.1 Å². The summed E-state index contributed by atoms with van der Waals surface area (Å²) < 4.78 is 1.09. The summed E-state index contributed by atoms with van der Waals surface area (Å²) in [6.07, 6.45) is 2.24. The molecule has 18 heavy (non-hydrogen) atoms. The van der Waals surface area contributed by atoms with E-state index in [0.29, 0.717) is 6.04 Å². The van der Waals surface area contributed by atoms with E-state index in [1.54, 1.807) is 11.3 Å². The van der Waals surface area contributed by atoms with Crippen LogP contribution in [0.5, 0.6) is 0 Å². The lowest BCUT2D eigenvalue weighted by molar-refractivity contribution is -0.133. The summed E-state index contributed by atoms with van der Waals surface area (Å²) in [7, 11) is 1.95. The number of thiophene rings is 1. The molecular weight excluding hydrogens is 312 g/mol. The van der Waals surface area contributed by atoms with Crippen LogP contribution in [-0.4, -0.2) is 37.0 Å². The van der Waals surface area contributed by atoms with E-state index in [9.17, 15) is 4.79 Å². The van der Waals surface area contributed by atoms with Crippen LogP contribution in [0, 0.1) is 0 Å². The highest BCUT2D eigenvalue weighted by molar-refractivity contribution is 9.11. The molecule has 0 saturated carbocycles. The standard InChI is InChI=1S/C13H19BrN2OS/c1-9(11-5-6-12(14)18-11)13(17)16-7-3-4-10(16)8-15-2/h5-6,9-10,15H,3-4,7-8H2,1-2H3. The van der Waals surface area contributed by atoms with Crippen molar-refractivity contribution < 1.29 is 4.79 Å². The minimum atomic E-state index is -0.0289. The molecule has 1 aliphatic heterocycles. The van der Waals surface area contributed by atoms with Crippen LogP contribution in [0.4, 0.5) is 0 Å². The van der Waals surface area contributed by atoms with Gasteiger partial charge in [-0.15, -0.1) is 11.3 Å². The van der Waals surface area contributed by atoms with Crippen molar-refractivity contribution in [1.29, 1.82) is 0 Å². The smallest absolute Gasteiger partial charge is 0.230 e. The summed E-state index contributed by atoms with van der Waals surface area (Å²) in [5, 5.41) is 3.18. The molecule has 2 unspecified atom stereocenters. The zero-order valence-electron chi connectivity index (χ0n) is 10.8. The number of carbonyl (C=O) groups is 1. The van der Waals surface area contributed by atoms with Gasteiger partial charge >= 0.3 is 0 Å². The monoisotopic (exact) mass is 330 g/mol. The normalized spacial score (nSPS) is 21.3. The third-order valence-electron chi connectivity index (χ3n) is 3.49. The van der Waals surface area contributed by atoms with Crippen molar-refractivity contribution in [3.8, 4) is 0 Å². The van der Waals surface area contributed by atoms with Gasteiger partial charge in [0.2, 0.25) is 5.91 Å². The van der Waals surface area contributed by atoms with Crippen molar-refractivity contribution in [2.75, 3.05) is 20.1 Å². The molecule has 0 aromatic carbocycles. The van der Waals surface area contributed by atoms with Crippen molar-refractivity contribution in [3.63, 3.8) is 0 Å². The first kappa shape index (κ1) is 14.0. The summed E-state index contributed by atoms with van der Waals surface area (Å²) in [4.78, 5) is 15.7. The molecule has 5 heteroatoms. The second-order valence-electron chi connectivity index (χ2n) is 4.75. The van der Waals surface area contributed by atoms with Crippen LogP contribution >= 0.6 is 27.3 Å². The van der Waals surface area contributed by atoms with E-state index >= 15 is 0 Å². The number of amides is 1. The number of likely N-dealkylation sites (tertiary alicyclic amines) is 1. The number of halogens is 1. The van der Waals surface area contributed by atoms with Gasteiger partial charge in [-0.2, -0.15) is 0 Å². The molecule has 0 aliphatic carbocycles. The topological polar surface area (TPSA) is 32.3 Å². The molecule has 100 valence electrons. The number of hydrogen-bond donors (Lipinski definition) is 1. The van der Waals surface area contributed by atoms with Gasteiger partial charge in [-0.3, -0.25) is 4.79 Å². The Bertz CT molecular complexity index is 421. The highest BCUT2D eigenvalue weighted by Crippen LogP contribution is 2.31. The highest BCUT2D eigenvalue weighted by atomic mass is 79.9. The molecule has 3 nitrogen and oxygen atoms in total. The van der Waals surface area contributed by atoms with Crippen LogP contribution in [0.3, 0.4) is 0 Å². The molecule has 1 aromatic rings. The number of carbonyl (C=O) groups excluding carboxylic acids is 1. The zero-order chi connectivity index (χ0) is 13.1. The molecule has 0 radical (unpaired) electrons. The van der Waals surface area contributed by atoms with Crippen LogP contribution in [0.25, 0.3) is 0 Å². The molecule has 1 saturated heterocycles. The molecule has 1 fully saturated rings. The van der Waals surface area contributed by atoms with Gasteiger partial charge < -0.3 is 10.2 Å². The summed E-state index contributed by atoms with van der Waals surface area (Å²) >= 11 is 5.10.